The van der Waals surface area contributed by atoms with E-state index in [9.17, 15) is 8.42 Å². The van der Waals surface area contributed by atoms with E-state index in [0.717, 1.165) is 0 Å². The van der Waals surface area contributed by atoms with Crippen LogP contribution in [-0.4, -0.2) is 36.0 Å². The quantitative estimate of drug-likeness (QED) is 0.822. The van der Waals surface area contributed by atoms with Crippen LogP contribution >= 0.6 is 23.2 Å². The molecule has 0 amide bonds. The molecule has 1 aliphatic rings. The van der Waals surface area contributed by atoms with E-state index in [4.69, 9.17) is 27.6 Å². The Morgan fingerprint density at radius 2 is 1.87 bits per heavy atom. The summed E-state index contributed by atoms with van der Waals surface area (Å²) in [6.45, 7) is 2.53. The fourth-order valence-electron chi connectivity index (χ4n) is 2.61. The number of nitrogens with zero attached hydrogens (tertiary/aromatic N) is 3. The summed E-state index contributed by atoms with van der Waals surface area (Å²) in [6, 6.07) is 4.34. The average Bonchev–Trinajstić information content (AvgIpc) is 2.96. The number of aryl methyl sites for hydroxylation is 1. The normalized spacial score (nSPS) is 17.5. The molecular weight excluding hydrogens is 361 g/mol. The van der Waals surface area contributed by atoms with E-state index in [1.165, 1.54) is 22.5 Å². The Morgan fingerprint density at radius 3 is 2.43 bits per heavy atom. The molecule has 0 aliphatic carbocycles. The number of hydrogen-bond donors (Lipinski definition) is 0. The van der Waals surface area contributed by atoms with Gasteiger partial charge in [-0.2, -0.15) is 4.31 Å². The molecule has 0 bridgehead atoms. The Hall–Kier alpha value is -1.15. The van der Waals surface area contributed by atoms with Crippen LogP contribution in [0.5, 0.6) is 0 Å². The van der Waals surface area contributed by atoms with Crippen molar-refractivity contribution in [2.75, 3.05) is 13.1 Å². The van der Waals surface area contributed by atoms with E-state index in [1.54, 1.807) is 6.92 Å². The molecule has 124 valence electrons. The lowest BCUT2D eigenvalue weighted by Gasteiger charge is -2.29. The van der Waals surface area contributed by atoms with Gasteiger partial charge < -0.3 is 4.42 Å². The number of hydrogen-bond acceptors (Lipinski definition) is 5. The Kier molecular flexibility index (Phi) is 4.64. The van der Waals surface area contributed by atoms with E-state index in [1.807, 2.05) is 0 Å². The number of benzene rings is 1. The van der Waals surface area contributed by atoms with Crippen LogP contribution in [0.2, 0.25) is 10.0 Å². The van der Waals surface area contributed by atoms with E-state index < -0.39 is 10.0 Å². The zero-order chi connectivity index (χ0) is 16.6. The molecule has 0 spiro atoms. The molecule has 1 aromatic heterocycles. The Bertz CT molecular complexity index is 814. The Morgan fingerprint density at radius 1 is 1.17 bits per heavy atom. The van der Waals surface area contributed by atoms with E-state index in [2.05, 4.69) is 10.2 Å². The molecule has 1 aliphatic heterocycles. The number of rotatable bonds is 3. The second-order valence-corrected chi connectivity index (χ2v) is 8.17. The summed E-state index contributed by atoms with van der Waals surface area (Å²) >= 11 is 11.8. The second kappa shape index (κ2) is 6.39. The van der Waals surface area contributed by atoms with Gasteiger partial charge in [-0.05, 0) is 31.0 Å². The summed E-state index contributed by atoms with van der Waals surface area (Å²) in [5.74, 6) is 1.19. The summed E-state index contributed by atoms with van der Waals surface area (Å²) in [6.07, 6.45) is 1.28. The van der Waals surface area contributed by atoms with Crippen molar-refractivity contribution in [2.45, 2.75) is 30.6 Å². The molecule has 3 rings (SSSR count). The van der Waals surface area contributed by atoms with Crippen molar-refractivity contribution in [3.63, 3.8) is 0 Å². The highest BCUT2D eigenvalue weighted by Crippen LogP contribution is 2.31. The largest absolute Gasteiger partial charge is 0.425 e. The van der Waals surface area contributed by atoms with Gasteiger partial charge in [0.1, 0.15) is 0 Å². The van der Waals surface area contributed by atoms with Crippen molar-refractivity contribution in [3.8, 4) is 0 Å². The molecule has 0 atom stereocenters. The minimum atomic E-state index is -3.58. The van der Waals surface area contributed by atoms with Crippen LogP contribution in [0, 0.1) is 6.92 Å². The molecule has 1 aromatic carbocycles. The van der Waals surface area contributed by atoms with Gasteiger partial charge in [-0.1, -0.05) is 23.2 Å². The summed E-state index contributed by atoms with van der Waals surface area (Å²) < 4.78 is 32.2. The first-order chi connectivity index (χ1) is 10.9. The molecule has 1 fully saturated rings. The number of aromatic nitrogens is 2. The highest BCUT2D eigenvalue weighted by molar-refractivity contribution is 7.89. The minimum Gasteiger partial charge on any atom is -0.425 e. The van der Waals surface area contributed by atoms with Crippen molar-refractivity contribution in [1.29, 1.82) is 0 Å². The summed E-state index contributed by atoms with van der Waals surface area (Å²) in [4.78, 5) is 0.152. The molecule has 2 heterocycles. The van der Waals surface area contributed by atoms with Gasteiger partial charge in [-0.3, -0.25) is 0 Å². The number of sulfonamides is 1. The van der Waals surface area contributed by atoms with Gasteiger partial charge in [-0.25, -0.2) is 8.42 Å². The van der Waals surface area contributed by atoms with Gasteiger partial charge >= 0.3 is 0 Å². The molecule has 23 heavy (non-hydrogen) atoms. The predicted octanol–water partition coefficient (Wildman–Crippen LogP) is 3.25. The van der Waals surface area contributed by atoms with Crippen LogP contribution < -0.4 is 0 Å². The van der Waals surface area contributed by atoms with Gasteiger partial charge in [0.25, 0.3) is 0 Å². The average molecular weight is 376 g/mol. The standard InChI is InChI=1S/C14H15Cl2N3O3S/c1-9-17-18-14(22-9)10-4-6-19(7-5-10)23(20,21)11-2-3-12(15)13(16)8-11/h2-3,8,10H,4-7H2,1H3. The molecule has 6 nitrogen and oxygen atoms in total. The van der Waals surface area contributed by atoms with Gasteiger partial charge in [0.05, 0.1) is 14.9 Å². The lowest BCUT2D eigenvalue weighted by atomic mass is 9.98. The molecule has 0 N–H and O–H groups in total. The lowest BCUT2D eigenvalue weighted by Crippen LogP contribution is -2.37. The maximum Gasteiger partial charge on any atom is 0.243 e. The molecule has 2 aromatic rings. The third-order valence-corrected chi connectivity index (χ3v) is 6.51. The lowest BCUT2D eigenvalue weighted by molar-refractivity contribution is 0.288. The molecular formula is C14H15Cl2N3O3S. The zero-order valence-corrected chi connectivity index (χ0v) is 14.7. The van der Waals surface area contributed by atoms with Crippen molar-refractivity contribution in [2.24, 2.45) is 0 Å². The van der Waals surface area contributed by atoms with Crippen LogP contribution in [0.15, 0.2) is 27.5 Å². The van der Waals surface area contributed by atoms with Crippen molar-refractivity contribution in [3.05, 3.63) is 40.0 Å². The third-order valence-electron chi connectivity index (χ3n) is 3.87. The van der Waals surface area contributed by atoms with E-state index in [0.29, 0.717) is 42.7 Å². The van der Waals surface area contributed by atoms with E-state index in [-0.39, 0.29) is 15.8 Å². The molecule has 1 saturated heterocycles. The number of piperidine rings is 1. The Balaban J connectivity index is 1.74. The zero-order valence-electron chi connectivity index (χ0n) is 12.4. The Labute approximate surface area is 144 Å². The third kappa shape index (κ3) is 3.38. The summed E-state index contributed by atoms with van der Waals surface area (Å²) in [5.41, 5.74) is 0. The van der Waals surface area contributed by atoms with Crippen LogP contribution in [0.1, 0.15) is 30.5 Å². The molecule has 0 saturated carbocycles. The minimum absolute atomic E-state index is 0.0939. The van der Waals surface area contributed by atoms with Gasteiger partial charge in [0.2, 0.25) is 21.8 Å². The topological polar surface area (TPSA) is 76.3 Å². The van der Waals surface area contributed by atoms with Crippen molar-refractivity contribution >= 4 is 33.2 Å². The van der Waals surface area contributed by atoms with Gasteiger partial charge in [0, 0.05) is 25.9 Å². The highest BCUT2D eigenvalue weighted by Gasteiger charge is 2.32. The first-order valence-electron chi connectivity index (χ1n) is 7.13. The SMILES string of the molecule is Cc1nnc(C2CCN(S(=O)(=O)c3ccc(Cl)c(Cl)c3)CC2)o1. The van der Waals surface area contributed by atoms with Gasteiger partial charge in [0.15, 0.2) is 0 Å². The maximum absolute atomic E-state index is 12.7. The number of halogens is 2. The maximum atomic E-state index is 12.7. The monoisotopic (exact) mass is 375 g/mol. The molecule has 0 radical (unpaired) electrons. The van der Waals surface area contributed by atoms with Crippen molar-refractivity contribution < 1.29 is 12.8 Å². The predicted molar refractivity (Wildman–Crippen MR) is 86.2 cm³/mol. The van der Waals surface area contributed by atoms with E-state index >= 15 is 0 Å². The summed E-state index contributed by atoms with van der Waals surface area (Å²) in [7, 11) is -3.58. The first kappa shape index (κ1) is 16.7. The van der Waals surface area contributed by atoms with Crippen LogP contribution in [-0.2, 0) is 10.0 Å². The van der Waals surface area contributed by atoms with Crippen LogP contribution in [0.3, 0.4) is 0 Å². The van der Waals surface area contributed by atoms with Crippen LogP contribution in [0.4, 0.5) is 0 Å². The van der Waals surface area contributed by atoms with Crippen molar-refractivity contribution in [1.82, 2.24) is 14.5 Å². The smallest absolute Gasteiger partial charge is 0.243 e. The second-order valence-electron chi connectivity index (χ2n) is 5.41. The summed E-state index contributed by atoms with van der Waals surface area (Å²) in [5, 5.41) is 8.39. The molecule has 0 unspecified atom stereocenters. The molecule has 9 heteroatoms. The van der Waals surface area contributed by atoms with Crippen LogP contribution in [0.25, 0.3) is 0 Å². The fourth-order valence-corrected chi connectivity index (χ4v) is 4.47. The highest BCUT2D eigenvalue weighted by atomic mass is 35.5. The fraction of sp³-hybridized carbons (Fsp3) is 0.429. The first-order valence-corrected chi connectivity index (χ1v) is 9.33. The van der Waals surface area contributed by atoms with Gasteiger partial charge in [-0.15, -0.1) is 10.2 Å².